The molecule has 0 bridgehead atoms. The Hall–Kier alpha value is -2.48. The fourth-order valence-electron chi connectivity index (χ4n) is 2.85. The van der Waals surface area contributed by atoms with Crippen LogP contribution in [0.2, 0.25) is 0 Å². The minimum atomic E-state index is 0.839. The van der Waals surface area contributed by atoms with Gasteiger partial charge < -0.3 is 10.6 Å². The molecule has 21 heavy (non-hydrogen) atoms. The van der Waals surface area contributed by atoms with Crippen molar-refractivity contribution in [1.82, 2.24) is 0 Å². The maximum atomic E-state index is 6.08. The minimum Gasteiger partial charge on any atom is -0.398 e. The van der Waals surface area contributed by atoms with Crippen LogP contribution >= 0.6 is 0 Å². The lowest BCUT2D eigenvalue weighted by molar-refractivity contribution is 1.02. The van der Waals surface area contributed by atoms with E-state index in [9.17, 15) is 0 Å². The lowest BCUT2D eigenvalue weighted by atomic mass is 10.1. The summed E-state index contributed by atoms with van der Waals surface area (Å²) in [7, 11) is 0. The molecule has 0 spiro atoms. The molecule has 106 valence electrons. The van der Waals surface area contributed by atoms with Crippen LogP contribution < -0.4 is 10.6 Å². The molecule has 0 amide bonds. The number of nitrogen functional groups attached to an aromatic ring is 1. The van der Waals surface area contributed by atoms with Crippen molar-refractivity contribution in [3.63, 3.8) is 0 Å². The summed E-state index contributed by atoms with van der Waals surface area (Å²) in [5.74, 6) is 0. The zero-order chi connectivity index (χ0) is 14.8. The molecule has 0 aliphatic rings. The van der Waals surface area contributed by atoms with Crippen molar-refractivity contribution < 1.29 is 0 Å². The van der Waals surface area contributed by atoms with E-state index in [1.165, 1.54) is 22.1 Å². The molecule has 2 nitrogen and oxygen atoms in total. The number of hydrogen-bond acceptors (Lipinski definition) is 2. The molecule has 2 heteroatoms. The number of benzene rings is 3. The fourth-order valence-corrected chi connectivity index (χ4v) is 2.85. The van der Waals surface area contributed by atoms with Gasteiger partial charge in [0.15, 0.2) is 0 Å². The molecule has 0 saturated carbocycles. The summed E-state index contributed by atoms with van der Waals surface area (Å²) in [6.07, 6.45) is 0. The van der Waals surface area contributed by atoms with Crippen molar-refractivity contribution in [2.75, 3.05) is 17.2 Å². The number of fused-ring (bicyclic) bond motifs is 1. The minimum absolute atomic E-state index is 0.839. The summed E-state index contributed by atoms with van der Waals surface area (Å²) in [5, 5.41) is 2.53. The Balaban J connectivity index is 2.21. The predicted octanol–water partition coefficient (Wildman–Crippen LogP) is 4.89. The first-order valence-electron chi connectivity index (χ1n) is 7.32. The van der Waals surface area contributed by atoms with Gasteiger partial charge in [-0.3, -0.25) is 0 Å². The van der Waals surface area contributed by atoms with Crippen LogP contribution in [0.5, 0.6) is 0 Å². The van der Waals surface area contributed by atoms with E-state index in [0.717, 1.165) is 17.8 Å². The fraction of sp³-hybridized carbons (Fsp3) is 0.158. The van der Waals surface area contributed by atoms with Crippen molar-refractivity contribution in [1.29, 1.82) is 0 Å². The van der Waals surface area contributed by atoms with E-state index >= 15 is 0 Å². The van der Waals surface area contributed by atoms with Crippen molar-refractivity contribution in [2.24, 2.45) is 0 Å². The van der Waals surface area contributed by atoms with Crippen LogP contribution in [0.1, 0.15) is 12.5 Å². The van der Waals surface area contributed by atoms with Gasteiger partial charge in [-0.1, -0.05) is 42.5 Å². The van der Waals surface area contributed by atoms with Crippen molar-refractivity contribution in [2.45, 2.75) is 13.8 Å². The molecule has 0 atom stereocenters. The number of rotatable bonds is 3. The topological polar surface area (TPSA) is 29.3 Å². The molecule has 0 heterocycles. The van der Waals surface area contributed by atoms with E-state index in [2.05, 4.69) is 67.3 Å². The Morgan fingerprint density at radius 2 is 1.52 bits per heavy atom. The Morgan fingerprint density at radius 1 is 0.857 bits per heavy atom. The molecular formula is C19H20N2. The third-order valence-corrected chi connectivity index (χ3v) is 4.01. The van der Waals surface area contributed by atoms with Gasteiger partial charge >= 0.3 is 0 Å². The first kappa shape index (κ1) is 13.5. The molecule has 2 N–H and O–H groups in total. The summed E-state index contributed by atoms with van der Waals surface area (Å²) in [4.78, 5) is 2.33. The predicted molar refractivity (Wildman–Crippen MR) is 92.2 cm³/mol. The molecule has 0 saturated heterocycles. The standard InChI is InChI=1S/C19H20N2/c1-3-21(18-12-7-11-17(20)14(18)2)19-13-6-9-15-8-4-5-10-16(15)19/h4-13H,3,20H2,1-2H3. The van der Waals surface area contributed by atoms with Gasteiger partial charge in [0.05, 0.1) is 0 Å². The third kappa shape index (κ3) is 2.33. The number of nitrogens with zero attached hydrogens (tertiary/aromatic N) is 1. The van der Waals surface area contributed by atoms with Crippen molar-refractivity contribution in [3.05, 3.63) is 66.2 Å². The van der Waals surface area contributed by atoms with Crippen molar-refractivity contribution in [3.8, 4) is 0 Å². The molecule has 0 aromatic heterocycles. The van der Waals surface area contributed by atoms with Gasteiger partial charge in [-0.2, -0.15) is 0 Å². The second kappa shape index (κ2) is 5.49. The second-order valence-corrected chi connectivity index (χ2v) is 5.23. The molecule has 3 aromatic rings. The highest BCUT2D eigenvalue weighted by atomic mass is 15.1. The number of hydrogen-bond donors (Lipinski definition) is 1. The van der Waals surface area contributed by atoms with Crippen LogP contribution in [0, 0.1) is 6.92 Å². The van der Waals surface area contributed by atoms with Crippen LogP contribution in [-0.2, 0) is 0 Å². The summed E-state index contributed by atoms with van der Waals surface area (Å²) >= 11 is 0. The first-order chi connectivity index (χ1) is 10.2. The highest BCUT2D eigenvalue weighted by molar-refractivity contribution is 5.96. The number of anilines is 3. The van der Waals surface area contributed by atoms with E-state index < -0.39 is 0 Å². The van der Waals surface area contributed by atoms with Gasteiger partial charge in [0.2, 0.25) is 0 Å². The lowest BCUT2D eigenvalue weighted by Gasteiger charge is -2.27. The maximum Gasteiger partial charge on any atom is 0.0490 e. The van der Waals surface area contributed by atoms with E-state index in [4.69, 9.17) is 5.73 Å². The highest BCUT2D eigenvalue weighted by Gasteiger charge is 2.13. The largest absolute Gasteiger partial charge is 0.398 e. The summed E-state index contributed by atoms with van der Waals surface area (Å²) in [5.41, 5.74) is 10.4. The van der Waals surface area contributed by atoms with Gasteiger partial charge in [-0.25, -0.2) is 0 Å². The molecule has 0 unspecified atom stereocenters. The van der Waals surface area contributed by atoms with E-state index in [0.29, 0.717) is 0 Å². The Kier molecular flexibility index (Phi) is 3.53. The molecule has 3 rings (SSSR count). The van der Waals surface area contributed by atoms with Gasteiger partial charge in [-0.05, 0) is 43.0 Å². The first-order valence-corrected chi connectivity index (χ1v) is 7.32. The van der Waals surface area contributed by atoms with Gasteiger partial charge in [0.1, 0.15) is 0 Å². The summed E-state index contributed by atoms with van der Waals surface area (Å²) < 4.78 is 0. The van der Waals surface area contributed by atoms with Crippen LogP contribution in [0.4, 0.5) is 17.1 Å². The smallest absolute Gasteiger partial charge is 0.0490 e. The highest BCUT2D eigenvalue weighted by Crippen LogP contribution is 2.35. The van der Waals surface area contributed by atoms with E-state index in [1.807, 2.05) is 12.1 Å². The molecule has 0 aliphatic heterocycles. The molecule has 0 radical (unpaired) electrons. The second-order valence-electron chi connectivity index (χ2n) is 5.23. The maximum absolute atomic E-state index is 6.08. The third-order valence-electron chi connectivity index (χ3n) is 4.01. The summed E-state index contributed by atoms with van der Waals surface area (Å²) in [6.45, 7) is 5.15. The molecule has 0 fully saturated rings. The zero-order valence-electron chi connectivity index (χ0n) is 12.5. The zero-order valence-corrected chi connectivity index (χ0v) is 12.5. The lowest BCUT2D eigenvalue weighted by Crippen LogP contribution is -2.17. The van der Waals surface area contributed by atoms with E-state index in [1.54, 1.807) is 0 Å². The van der Waals surface area contributed by atoms with Crippen LogP contribution in [0.25, 0.3) is 10.8 Å². The van der Waals surface area contributed by atoms with Crippen LogP contribution in [-0.4, -0.2) is 6.54 Å². The van der Waals surface area contributed by atoms with Gasteiger partial charge in [0.25, 0.3) is 0 Å². The van der Waals surface area contributed by atoms with Gasteiger partial charge in [-0.15, -0.1) is 0 Å². The molecule has 3 aromatic carbocycles. The Labute approximate surface area is 125 Å². The van der Waals surface area contributed by atoms with Crippen molar-refractivity contribution >= 4 is 27.8 Å². The Bertz CT molecular complexity index is 772. The normalized spacial score (nSPS) is 10.8. The van der Waals surface area contributed by atoms with Crippen LogP contribution in [0.15, 0.2) is 60.7 Å². The monoisotopic (exact) mass is 276 g/mol. The van der Waals surface area contributed by atoms with Gasteiger partial charge in [0, 0.05) is 29.0 Å². The number of nitrogens with two attached hydrogens (primary N) is 1. The van der Waals surface area contributed by atoms with E-state index in [-0.39, 0.29) is 0 Å². The average Bonchev–Trinajstić information content (AvgIpc) is 2.52. The summed E-state index contributed by atoms with van der Waals surface area (Å²) in [6, 6.07) is 21.0. The average molecular weight is 276 g/mol. The quantitative estimate of drug-likeness (QED) is 0.690. The SMILES string of the molecule is CCN(c1cccc(N)c1C)c1cccc2ccccc12. The Morgan fingerprint density at radius 3 is 2.33 bits per heavy atom. The van der Waals surface area contributed by atoms with Crippen LogP contribution in [0.3, 0.4) is 0 Å². The molecular weight excluding hydrogens is 256 g/mol. The molecule has 0 aliphatic carbocycles.